The minimum atomic E-state index is -0.754. The number of para-hydroxylation sites is 1. The van der Waals surface area contributed by atoms with E-state index in [9.17, 15) is 9.59 Å². The van der Waals surface area contributed by atoms with Crippen molar-refractivity contribution in [2.75, 3.05) is 11.9 Å². The molecule has 0 spiro atoms. The first kappa shape index (κ1) is 18.9. The van der Waals surface area contributed by atoms with Crippen molar-refractivity contribution in [1.29, 1.82) is 0 Å². The summed E-state index contributed by atoms with van der Waals surface area (Å²) in [4.78, 5) is 27.6. The maximum absolute atomic E-state index is 13.4. The number of nitrogens with one attached hydrogen (secondary N) is 1. The van der Waals surface area contributed by atoms with Gasteiger partial charge in [-0.2, -0.15) is 0 Å². The zero-order valence-electron chi connectivity index (χ0n) is 16.3. The second-order valence-electron chi connectivity index (χ2n) is 7.38. The topological polar surface area (TPSA) is 75.4 Å². The lowest BCUT2D eigenvalue weighted by Gasteiger charge is -2.28. The SMILES string of the molecule is CN1C(=O)[C@@](CCC(=O)NCc2ccno2)(Cc2ccccc2)c2ccccc21. The van der Waals surface area contributed by atoms with Crippen molar-refractivity contribution in [2.45, 2.75) is 31.2 Å². The Morgan fingerprint density at radius 1 is 1.10 bits per heavy atom. The molecular weight excluding hydrogens is 366 g/mol. The van der Waals surface area contributed by atoms with Crippen LogP contribution in [0.25, 0.3) is 0 Å². The van der Waals surface area contributed by atoms with E-state index >= 15 is 0 Å². The van der Waals surface area contributed by atoms with E-state index in [0.717, 1.165) is 16.8 Å². The van der Waals surface area contributed by atoms with Crippen LogP contribution >= 0.6 is 0 Å². The molecule has 6 nitrogen and oxygen atoms in total. The molecule has 0 fully saturated rings. The molecule has 1 aliphatic rings. The number of fused-ring (bicyclic) bond motifs is 1. The number of likely N-dealkylation sites (N-methyl/N-ethyl adjacent to an activating group) is 1. The van der Waals surface area contributed by atoms with Crippen molar-refractivity contribution in [1.82, 2.24) is 10.5 Å². The Hall–Kier alpha value is -3.41. The molecule has 0 saturated carbocycles. The van der Waals surface area contributed by atoms with Crippen molar-refractivity contribution in [2.24, 2.45) is 0 Å². The number of hydrogen-bond donors (Lipinski definition) is 1. The fraction of sp³-hybridized carbons (Fsp3) is 0.261. The van der Waals surface area contributed by atoms with Crippen LogP contribution in [0.3, 0.4) is 0 Å². The highest BCUT2D eigenvalue weighted by molar-refractivity contribution is 6.08. The first-order valence-electron chi connectivity index (χ1n) is 9.68. The smallest absolute Gasteiger partial charge is 0.237 e. The van der Waals surface area contributed by atoms with E-state index in [1.807, 2.05) is 54.6 Å². The van der Waals surface area contributed by atoms with Crippen molar-refractivity contribution in [3.8, 4) is 0 Å². The van der Waals surface area contributed by atoms with E-state index in [0.29, 0.717) is 18.6 Å². The monoisotopic (exact) mass is 389 g/mol. The molecule has 29 heavy (non-hydrogen) atoms. The van der Waals surface area contributed by atoms with Crippen LogP contribution in [0.15, 0.2) is 71.4 Å². The van der Waals surface area contributed by atoms with Crippen molar-refractivity contribution in [3.05, 3.63) is 83.7 Å². The van der Waals surface area contributed by atoms with Crippen molar-refractivity contribution in [3.63, 3.8) is 0 Å². The quantitative estimate of drug-likeness (QED) is 0.673. The van der Waals surface area contributed by atoms with E-state index in [1.165, 1.54) is 0 Å². The number of nitrogens with zero attached hydrogens (tertiary/aromatic N) is 2. The summed E-state index contributed by atoms with van der Waals surface area (Å²) < 4.78 is 5.01. The van der Waals surface area contributed by atoms with Gasteiger partial charge in [0.2, 0.25) is 11.8 Å². The number of rotatable bonds is 7. The second-order valence-corrected chi connectivity index (χ2v) is 7.38. The highest BCUT2D eigenvalue weighted by Gasteiger charge is 2.49. The van der Waals surface area contributed by atoms with E-state index in [-0.39, 0.29) is 24.8 Å². The minimum Gasteiger partial charge on any atom is -0.360 e. The molecule has 2 heterocycles. The summed E-state index contributed by atoms with van der Waals surface area (Å²) in [5.41, 5.74) is 2.22. The zero-order chi connectivity index (χ0) is 20.3. The average molecular weight is 389 g/mol. The molecule has 4 rings (SSSR count). The van der Waals surface area contributed by atoms with Gasteiger partial charge in [0.1, 0.15) is 0 Å². The average Bonchev–Trinajstić information content (AvgIpc) is 3.34. The van der Waals surface area contributed by atoms with E-state index in [2.05, 4.69) is 10.5 Å². The lowest BCUT2D eigenvalue weighted by atomic mass is 9.73. The van der Waals surface area contributed by atoms with E-state index in [4.69, 9.17) is 4.52 Å². The number of anilines is 1. The van der Waals surface area contributed by atoms with Crippen LogP contribution in [-0.4, -0.2) is 24.0 Å². The van der Waals surface area contributed by atoms with E-state index in [1.54, 1.807) is 24.2 Å². The van der Waals surface area contributed by atoms with Crippen LogP contribution in [-0.2, 0) is 28.0 Å². The molecule has 0 aliphatic carbocycles. The van der Waals surface area contributed by atoms with Gasteiger partial charge in [0.25, 0.3) is 0 Å². The standard InChI is InChI=1S/C23H23N3O3/c1-26-20-10-6-5-9-19(20)23(22(26)28,15-17-7-3-2-4-8-17)13-11-21(27)24-16-18-12-14-25-29-18/h2-10,12,14H,11,13,15-16H2,1H3,(H,24,27)/t23-/m0/s1. The maximum atomic E-state index is 13.4. The van der Waals surface area contributed by atoms with Crippen LogP contribution in [0.1, 0.15) is 29.7 Å². The van der Waals surface area contributed by atoms with Crippen LogP contribution in [0, 0.1) is 0 Å². The first-order chi connectivity index (χ1) is 14.1. The highest BCUT2D eigenvalue weighted by Crippen LogP contribution is 2.46. The molecular formula is C23H23N3O3. The molecule has 0 radical (unpaired) electrons. The van der Waals surface area contributed by atoms with Crippen molar-refractivity contribution >= 4 is 17.5 Å². The molecule has 1 aliphatic heterocycles. The fourth-order valence-electron chi connectivity index (χ4n) is 4.10. The van der Waals surface area contributed by atoms with Gasteiger partial charge in [-0.25, -0.2) is 0 Å². The van der Waals surface area contributed by atoms with Gasteiger partial charge < -0.3 is 14.7 Å². The summed E-state index contributed by atoms with van der Waals surface area (Å²) in [6, 6.07) is 19.5. The lowest BCUT2D eigenvalue weighted by molar-refractivity contribution is -0.124. The first-order valence-corrected chi connectivity index (χ1v) is 9.68. The van der Waals surface area contributed by atoms with Gasteiger partial charge in [-0.3, -0.25) is 9.59 Å². The van der Waals surface area contributed by atoms with Crippen LogP contribution in [0.4, 0.5) is 5.69 Å². The van der Waals surface area contributed by atoms with Gasteiger partial charge in [0, 0.05) is 25.2 Å². The third-order valence-electron chi connectivity index (χ3n) is 5.57. The third kappa shape index (κ3) is 3.66. The molecule has 0 unspecified atom stereocenters. The van der Waals surface area contributed by atoms with Crippen LogP contribution < -0.4 is 10.2 Å². The van der Waals surface area contributed by atoms with Crippen LogP contribution in [0.2, 0.25) is 0 Å². The molecule has 0 bridgehead atoms. The van der Waals surface area contributed by atoms with Gasteiger partial charge in [-0.05, 0) is 30.0 Å². The van der Waals surface area contributed by atoms with E-state index < -0.39 is 5.41 Å². The Labute approximate surface area is 169 Å². The maximum Gasteiger partial charge on any atom is 0.237 e. The van der Waals surface area contributed by atoms with Crippen LogP contribution in [0.5, 0.6) is 0 Å². The Morgan fingerprint density at radius 2 is 1.86 bits per heavy atom. The molecule has 2 amide bonds. The second kappa shape index (κ2) is 7.91. The number of amides is 2. The number of benzene rings is 2. The van der Waals surface area contributed by atoms with Gasteiger partial charge in [0.15, 0.2) is 5.76 Å². The Bertz CT molecular complexity index is 1000. The molecule has 0 saturated heterocycles. The van der Waals surface area contributed by atoms with Gasteiger partial charge in [-0.1, -0.05) is 53.7 Å². The Morgan fingerprint density at radius 3 is 2.62 bits per heavy atom. The highest BCUT2D eigenvalue weighted by atomic mass is 16.5. The zero-order valence-corrected chi connectivity index (χ0v) is 16.3. The van der Waals surface area contributed by atoms with Crippen molar-refractivity contribution < 1.29 is 14.1 Å². The fourth-order valence-corrected chi connectivity index (χ4v) is 4.10. The molecule has 1 atom stereocenters. The largest absolute Gasteiger partial charge is 0.360 e. The predicted molar refractivity (Wildman–Crippen MR) is 109 cm³/mol. The Balaban J connectivity index is 1.58. The molecule has 6 heteroatoms. The lowest BCUT2D eigenvalue weighted by Crippen LogP contribution is -2.41. The number of carbonyl (C=O) groups excluding carboxylic acids is 2. The van der Waals surface area contributed by atoms with Gasteiger partial charge >= 0.3 is 0 Å². The Kier molecular flexibility index (Phi) is 5.16. The summed E-state index contributed by atoms with van der Waals surface area (Å²) >= 11 is 0. The minimum absolute atomic E-state index is 0.0330. The summed E-state index contributed by atoms with van der Waals surface area (Å²) in [6.45, 7) is 0.287. The normalized spacial score (nSPS) is 18.0. The number of aromatic nitrogens is 1. The molecule has 3 aromatic rings. The molecule has 1 N–H and O–H groups in total. The summed E-state index contributed by atoms with van der Waals surface area (Å²) in [5, 5.41) is 6.48. The molecule has 1 aromatic heterocycles. The molecule has 2 aromatic carbocycles. The number of hydrogen-bond acceptors (Lipinski definition) is 4. The van der Waals surface area contributed by atoms with Gasteiger partial charge in [0.05, 0.1) is 18.2 Å². The number of carbonyl (C=O) groups is 2. The third-order valence-corrected chi connectivity index (χ3v) is 5.57. The summed E-state index contributed by atoms with van der Waals surface area (Å²) in [5.74, 6) is 0.513. The summed E-state index contributed by atoms with van der Waals surface area (Å²) in [7, 11) is 1.80. The molecule has 148 valence electrons. The van der Waals surface area contributed by atoms with Gasteiger partial charge in [-0.15, -0.1) is 0 Å². The predicted octanol–water partition coefficient (Wildman–Crippen LogP) is 3.23. The summed E-state index contributed by atoms with van der Waals surface area (Å²) in [6.07, 6.45) is 2.78.